The number of aromatic nitrogens is 2. The zero-order valence-corrected chi connectivity index (χ0v) is 16.7. The first-order valence-corrected chi connectivity index (χ1v) is 10.8. The van der Waals surface area contributed by atoms with E-state index in [1.807, 2.05) is 5.48 Å². The van der Waals surface area contributed by atoms with Crippen LogP contribution in [0.3, 0.4) is 0 Å². The molecule has 14 heteroatoms. The number of nitrogens with zero attached hydrogens (tertiary/aromatic N) is 3. The Labute approximate surface area is 166 Å². The number of halogens is 2. The summed E-state index contributed by atoms with van der Waals surface area (Å²) in [6.45, 7) is 0. The van der Waals surface area contributed by atoms with E-state index in [2.05, 4.69) is 36.0 Å². The predicted molar refractivity (Wildman–Crippen MR) is 98.4 cm³/mol. The minimum atomic E-state index is -3.82. The second kappa shape index (κ2) is 7.81. The zero-order valence-electron chi connectivity index (χ0n) is 13.5. The summed E-state index contributed by atoms with van der Waals surface area (Å²) in [4.78, 5) is 4.15. The van der Waals surface area contributed by atoms with Crippen molar-refractivity contribution < 1.29 is 22.6 Å². The Morgan fingerprint density at radius 2 is 2.22 bits per heavy atom. The summed E-state index contributed by atoms with van der Waals surface area (Å²) in [6.07, 6.45) is 1.28. The fourth-order valence-electron chi connectivity index (χ4n) is 2.17. The van der Waals surface area contributed by atoms with Crippen LogP contribution < -0.4 is 15.3 Å². The Kier molecular flexibility index (Phi) is 5.83. The third-order valence-corrected chi connectivity index (χ3v) is 6.19. The quantitative estimate of drug-likeness (QED) is 0.200. The first kappa shape index (κ1) is 20.2. The van der Waals surface area contributed by atoms with Crippen LogP contribution in [0, 0.1) is 5.82 Å². The summed E-state index contributed by atoms with van der Waals surface area (Å²) in [5.74, 6) is -0.184. The van der Waals surface area contributed by atoms with E-state index in [0.29, 0.717) is 29.3 Å². The molecular formula is C13H14BrFN6O4S2. The van der Waals surface area contributed by atoms with E-state index in [4.69, 9.17) is 9.77 Å². The zero-order chi connectivity index (χ0) is 19.7. The summed E-state index contributed by atoms with van der Waals surface area (Å²) < 4.78 is 43.1. The summed E-state index contributed by atoms with van der Waals surface area (Å²) in [6, 6.07) is 4.04. The first-order valence-electron chi connectivity index (χ1n) is 7.43. The van der Waals surface area contributed by atoms with E-state index in [1.165, 1.54) is 30.0 Å². The third kappa shape index (κ3) is 5.24. The Balaban J connectivity index is 1.78. The van der Waals surface area contributed by atoms with Crippen LogP contribution in [0.4, 0.5) is 10.1 Å². The van der Waals surface area contributed by atoms with Crippen molar-refractivity contribution in [3.63, 3.8) is 0 Å². The lowest BCUT2D eigenvalue weighted by Crippen LogP contribution is -2.42. The fourth-order valence-corrected chi connectivity index (χ4v) is 4.64. The second-order valence-electron chi connectivity index (χ2n) is 5.80. The standard InChI is InChI=1S/C13H14BrFN6O4S2/c14-8-5-7(1-2-9(8)15)17-11(18-22)10-12(20-25-19-10)26-6-13(3-4-13)21-27(16,23)24/h1-2,5,21-22H,3-4,6H2,(H,17,18)(H2,16,23,24). The van der Waals surface area contributed by atoms with Gasteiger partial charge in [-0.05, 0) is 57.3 Å². The van der Waals surface area contributed by atoms with Crippen LogP contribution in [0.5, 0.6) is 0 Å². The highest BCUT2D eigenvalue weighted by molar-refractivity contribution is 9.10. The molecule has 1 aromatic carbocycles. The number of benzene rings is 1. The number of hydrogen-bond donors (Lipinski definition) is 4. The van der Waals surface area contributed by atoms with Gasteiger partial charge in [-0.1, -0.05) is 11.8 Å². The van der Waals surface area contributed by atoms with Crippen molar-refractivity contribution in [1.82, 2.24) is 20.5 Å². The molecule has 0 spiro atoms. The average Bonchev–Trinajstić information content (AvgIpc) is 3.17. The van der Waals surface area contributed by atoms with Gasteiger partial charge < -0.3 is 0 Å². The maximum Gasteiger partial charge on any atom is 0.274 e. The fraction of sp³-hybridized carbons (Fsp3) is 0.308. The van der Waals surface area contributed by atoms with E-state index in [-0.39, 0.29) is 16.0 Å². The van der Waals surface area contributed by atoms with Gasteiger partial charge in [0, 0.05) is 11.3 Å². The summed E-state index contributed by atoms with van der Waals surface area (Å²) in [5.41, 5.74) is 1.73. The van der Waals surface area contributed by atoms with Gasteiger partial charge in [-0.15, -0.1) is 0 Å². The van der Waals surface area contributed by atoms with Crippen molar-refractivity contribution >= 4 is 49.4 Å². The molecule has 10 nitrogen and oxygen atoms in total. The smallest absolute Gasteiger partial charge is 0.274 e. The maximum absolute atomic E-state index is 13.3. The molecule has 1 heterocycles. The predicted octanol–water partition coefficient (Wildman–Crippen LogP) is 1.45. The Hall–Kier alpha value is -1.58. The normalized spacial score (nSPS) is 16.4. The number of amidine groups is 1. The van der Waals surface area contributed by atoms with E-state index in [0.717, 1.165) is 0 Å². The molecule has 1 aliphatic carbocycles. The van der Waals surface area contributed by atoms with Gasteiger partial charge in [0.25, 0.3) is 10.2 Å². The Bertz CT molecular complexity index is 979. The van der Waals surface area contributed by atoms with Gasteiger partial charge in [0.05, 0.1) is 10.2 Å². The molecule has 1 aliphatic rings. The summed E-state index contributed by atoms with van der Waals surface area (Å²) >= 11 is 4.23. The van der Waals surface area contributed by atoms with Crippen LogP contribution in [-0.4, -0.2) is 41.1 Å². The minimum Gasteiger partial charge on any atom is -0.290 e. The molecule has 1 aromatic heterocycles. The van der Waals surface area contributed by atoms with E-state index in [9.17, 15) is 18.0 Å². The first-order chi connectivity index (χ1) is 12.7. The van der Waals surface area contributed by atoms with Gasteiger partial charge in [0.2, 0.25) is 0 Å². The van der Waals surface area contributed by atoms with Gasteiger partial charge >= 0.3 is 0 Å². The molecule has 5 N–H and O–H groups in total. The number of rotatable bonds is 7. The SMILES string of the molecule is NS(=O)(=O)NC1(CSc2nonc2C(=Nc2ccc(F)c(Br)c2)NO)CC1. The number of thioether (sulfide) groups is 1. The van der Waals surface area contributed by atoms with Crippen molar-refractivity contribution in [2.45, 2.75) is 23.4 Å². The molecule has 146 valence electrons. The van der Waals surface area contributed by atoms with Gasteiger partial charge in [0.15, 0.2) is 16.6 Å². The summed E-state index contributed by atoms with van der Waals surface area (Å²) in [7, 11) is -3.82. The van der Waals surface area contributed by atoms with Crippen molar-refractivity contribution in [3.05, 3.63) is 34.2 Å². The maximum atomic E-state index is 13.3. The number of hydrogen-bond acceptors (Lipinski definition) is 8. The van der Waals surface area contributed by atoms with Crippen LogP contribution in [-0.2, 0) is 10.2 Å². The number of aliphatic imine (C=N–C) groups is 1. The molecule has 2 aromatic rings. The number of nitrogens with two attached hydrogens (primary N) is 1. The molecule has 0 aliphatic heterocycles. The van der Waals surface area contributed by atoms with E-state index in [1.54, 1.807) is 0 Å². The van der Waals surface area contributed by atoms with E-state index >= 15 is 0 Å². The lowest BCUT2D eigenvalue weighted by Gasteiger charge is -2.14. The molecule has 0 unspecified atom stereocenters. The molecule has 1 saturated carbocycles. The van der Waals surface area contributed by atoms with Crippen LogP contribution in [0.2, 0.25) is 0 Å². The highest BCUT2D eigenvalue weighted by Gasteiger charge is 2.45. The molecule has 0 radical (unpaired) electrons. The molecule has 0 bridgehead atoms. The molecule has 0 atom stereocenters. The van der Waals surface area contributed by atoms with E-state index < -0.39 is 21.6 Å². The van der Waals surface area contributed by atoms with Crippen LogP contribution in [0.25, 0.3) is 0 Å². The highest BCUT2D eigenvalue weighted by atomic mass is 79.9. The number of nitrogens with one attached hydrogen (secondary N) is 2. The topological polar surface area (TPSA) is 156 Å². The minimum absolute atomic E-state index is 0.0680. The average molecular weight is 481 g/mol. The van der Waals surface area contributed by atoms with Crippen molar-refractivity contribution in [2.24, 2.45) is 10.1 Å². The lowest BCUT2D eigenvalue weighted by molar-refractivity contribution is 0.234. The number of hydroxylamine groups is 1. The van der Waals surface area contributed by atoms with Crippen LogP contribution >= 0.6 is 27.7 Å². The van der Waals surface area contributed by atoms with Crippen LogP contribution in [0.1, 0.15) is 18.5 Å². The van der Waals surface area contributed by atoms with Crippen molar-refractivity contribution in [1.29, 1.82) is 0 Å². The largest absolute Gasteiger partial charge is 0.290 e. The van der Waals surface area contributed by atoms with Gasteiger partial charge in [-0.2, -0.15) is 13.1 Å². The van der Waals surface area contributed by atoms with Crippen molar-refractivity contribution in [2.75, 3.05) is 5.75 Å². The summed E-state index contributed by atoms with van der Waals surface area (Å²) in [5, 5.41) is 22.2. The van der Waals surface area contributed by atoms with Gasteiger partial charge in [-0.25, -0.2) is 19.2 Å². The molecule has 0 amide bonds. The molecule has 0 saturated heterocycles. The Morgan fingerprint density at radius 1 is 1.48 bits per heavy atom. The highest BCUT2D eigenvalue weighted by Crippen LogP contribution is 2.40. The second-order valence-corrected chi connectivity index (χ2v) is 8.92. The third-order valence-electron chi connectivity index (χ3n) is 3.63. The van der Waals surface area contributed by atoms with Crippen LogP contribution in [0.15, 0.2) is 37.3 Å². The molecular weight excluding hydrogens is 467 g/mol. The van der Waals surface area contributed by atoms with Gasteiger partial charge in [-0.3, -0.25) is 10.7 Å². The van der Waals surface area contributed by atoms with Crippen molar-refractivity contribution in [3.8, 4) is 0 Å². The molecule has 27 heavy (non-hydrogen) atoms. The van der Waals surface area contributed by atoms with Gasteiger partial charge in [0.1, 0.15) is 5.82 Å². The monoisotopic (exact) mass is 480 g/mol. The lowest BCUT2D eigenvalue weighted by atomic mass is 10.3. The Morgan fingerprint density at radius 3 is 2.81 bits per heavy atom. The molecule has 1 fully saturated rings. The molecule has 3 rings (SSSR count).